The Kier molecular flexibility index (Phi) is 4.44. The molecule has 98 valence electrons. The number of amides is 1. The molecule has 1 amide bonds. The van der Waals surface area contributed by atoms with E-state index in [0.29, 0.717) is 5.82 Å². The molecule has 2 rings (SSSR count). The van der Waals surface area contributed by atoms with Crippen molar-refractivity contribution in [1.82, 2.24) is 9.97 Å². The number of benzene rings is 1. The molecule has 1 N–H and O–H groups in total. The molecule has 0 bridgehead atoms. The van der Waals surface area contributed by atoms with Gasteiger partial charge in [0.15, 0.2) is 5.82 Å². The fraction of sp³-hybridized carbons (Fsp3) is 0.214. The summed E-state index contributed by atoms with van der Waals surface area (Å²) in [5.41, 5.74) is 1.81. The van der Waals surface area contributed by atoms with E-state index < -0.39 is 6.09 Å². The number of ether oxygens (including phenoxy) is 1. The number of anilines is 1. The fourth-order valence-corrected chi connectivity index (χ4v) is 1.47. The Morgan fingerprint density at radius 2 is 2.00 bits per heavy atom. The van der Waals surface area contributed by atoms with E-state index in [9.17, 15) is 4.79 Å². The molecule has 0 aliphatic heterocycles. The average Bonchev–Trinajstić information content (AvgIpc) is 2.47. The van der Waals surface area contributed by atoms with Crippen LogP contribution in [-0.2, 0) is 17.8 Å². The molecule has 1 aromatic heterocycles. The van der Waals surface area contributed by atoms with Crippen LogP contribution in [0.1, 0.15) is 18.2 Å². The van der Waals surface area contributed by atoms with Crippen molar-refractivity contribution < 1.29 is 9.53 Å². The zero-order valence-electron chi connectivity index (χ0n) is 10.7. The second-order valence-corrected chi connectivity index (χ2v) is 3.93. The Balaban J connectivity index is 1.83. The Bertz CT molecular complexity index is 526. The molecule has 0 unspecified atom stereocenters. The summed E-state index contributed by atoms with van der Waals surface area (Å²) in [5, 5.41) is 2.53. The molecule has 2 aromatic rings. The van der Waals surface area contributed by atoms with Crippen molar-refractivity contribution in [2.75, 3.05) is 5.32 Å². The van der Waals surface area contributed by atoms with Gasteiger partial charge in [-0.3, -0.25) is 10.3 Å². The van der Waals surface area contributed by atoms with Crippen molar-refractivity contribution in [3.05, 3.63) is 54.0 Å². The average molecular weight is 257 g/mol. The summed E-state index contributed by atoms with van der Waals surface area (Å²) in [7, 11) is 0. The molecule has 0 aliphatic rings. The van der Waals surface area contributed by atoms with Gasteiger partial charge in [-0.1, -0.05) is 37.3 Å². The van der Waals surface area contributed by atoms with Gasteiger partial charge in [0.25, 0.3) is 0 Å². The van der Waals surface area contributed by atoms with Crippen molar-refractivity contribution in [3.63, 3.8) is 0 Å². The van der Waals surface area contributed by atoms with Crippen molar-refractivity contribution in [3.8, 4) is 0 Å². The Morgan fingerprint density at radius 3 is 2.63 bits per heavy atom. The third-order valence-corrected chi connectivity index (χ3v) is 2.51. The number of nitrogens with one attached hydrogen (secondary N) is 1. The minimum Gasteiger partial charge on any atom is -0.444 e. The summed E-state index contributed by atoms with van der Waals surface area (Å²) >= 11 is 0. The van der Waals surface area contributed by atoms with E-state index >= 15 is 0 Å². The lowest BCUT2D eigenvalue weighted by Crippen LogP contribution is -2.14. The minimum absolute atomic E-state index is 0.229. The van der Waals surface area contributed by atoms with Crippen LogP contribution in [0.4, 0.5) is 10.6 Å². The first-order chi connectivity index (χ1) is 9.28. The molecule has 0 atom stereocenters. The topological polar surface area (TPSA) is 64.1 Å². The third kappa shape index (κ3) is 4.06. The molecular formula is C14H15N3O2. The highest BCUT2D eigenvalue weighted by atomic mass is 16.5. The second kappa shape index (κ2) is 6.49. The number of hydrogen-bond donors (Lipinski definition) is 1. The minimum atomic E-state index is -0.539. The third-order valence-electron chi connectivity index (χ3n) is 2.51. The summed E-state index contributed by atoms with van der Waals surface area (Å²) in [6, 6.07) is 9.48. The van der Waals surface area contributed by atoms with Crippen molar-refractivity contribution >= 4 is 11.9 Å². The highest BCUT2D eigenvalue weighted by Crippen LogP contribution is 2.04. The number of carbonyl (C=O) groups is 1. The molecule has 0 spiro atoms. The van der Waals surface area contributed by atoms with Gasteiger partial charge >= 0.3 is 6.09 Å². The normalized spacial score (nSPS) is 9.95. The highest BCUT2D eigenvalue weighted by Gasteiger charge is 2.04. The smallest absolute Gasteiger partial charge is 0.413 e. The van der Waals surface area contributed by atoms with Crippen LogP contribution >= 0.6 is 0 Å². The maximum atomic E-state index is 11.5. The first-order valence-electron chi connectivity index (χ1n) is 6.06. The lowest BCUT2D eigenvalue weighted by atomic mass is 10.2. The molecule has 5 heteroatoms. The van der Waals surface area contributed by atoms with E-state index in [-0.39, 0.29) is 6.61 Å². The monoisotopic (exact) mass is 257 g/mol. The predicted molar refractivity (Wildman–Crippen MR) is 71.7 cm³/mol. The lowest BCUT2D eigenvalue weighted by molar-refractivity contribution is 0.155. The standard InChI is InChI=1S/C14H15N3O2/c1-2-12-8-16-13(9-15-12)17-14(18)19-10-11-6-4-3-5-7-11/h3-9H,2,10H2,1H3,(H,16,17,18). The molecule has 1 heterocycles. The Hall–Kier alpha value is -2.43. The van der Waals surface area contributed by atoms with Crippen LogP contribution in [0.3, 0.4) is 0 Å². The van der Waals surface area contributed by atoms with E-state index in [4.69, 9.17) is 4.74 Å². The predicted octanol–water partition coefficient (Wildman–Crippen LogP) is 2.79. The van der Waals surface area contributed by atoms with Crippen molar-refractivity contribution in [2.45, 2.75) is 20.0 Å². The molecule has 0 aliphatic carbocycles. The molecule has 0 saturated heterocycles. The van der Waals surface area contributed by atoms with Gasteiger partial charge in [0, 0.05) is 0 Å². The highest BCUT2D eigenvalue weighted by molar-refractivity contribution is 5.82. The number of aryl methyl sites for hydroxylation is 1. The van der Waals surface area contributed by atoms with Gasteiger partial charge in [-0.05, 0) is 12.0 Å². The number of aromatic nitrogens is 2. The van der Waals surface area contributed by atoms with E-state index in [1.54, 1.807) is 6.20 Å². The Labute approximate surface area is 111 Å². The van der Waals surface area contributed by atoms with Crippen LogP contribution in [-0.4, -0.2) is 16.1 Å². The molecule has 19 heavy (non-hydrogen) atoms. The summed E-state index contributed by atoms with van der Waals surface area (Å²) in [6.45, 7) is 2.22. The van der Waals surface area contributed by atoms with Gasteiger partial charge < -0.3 is 4.74 Å². The number of nitrogens with zero attached hydrogens (tertiary/aromatic N) is 2. The fourth-order valence-electron chi connectivity index (χ4n) is 1.47. The second-order valence-electron chi connectivity index (χ2n) is 3.93. The SMILES string of the molecule is CCc1cnc(NC(=O)OCc2ccccc2)cn1. The van der Waals surface area contributed by atoms with Gasteiger partial charge in [-0.2, -0.15) is 0 Å². The molecule has 0 radical (unpaired) electrons. The maximum absolute atomic E-state index is 11.5. The first-order valence-corrected chi connectivity index (χ1v) is 6.06. The van der Waals surface area contributed by atoms with E-state index in [2.05, 4.69) is 15.3 Å². The number of carbonyl (C=O) groups excluding carboxylic acids is 1. The largest absolute Gasteiger partial charge is 0.444 e. The maximum Gasteiger partial charge on any atom is 0.413 e. The molecular weight excluding hydrogens is 242 g/mol. The zero-order chi connectivity index (χ0) is 13.5. The van der Waals surface area contributed by atoms with Crippen LogP contribution < -0.4 is 5.32 Å². The van der Waals surface area contributed by atoms with Crippen molar-refractivity contribution in [2.24, 2.45) is 0 Å². The van der Waals surface area contributed by atoms with E-state index in [1.165, 1.54) is 6.20 Å². The van der Waals surface area contributed by atoms with Gasteiger partial charge in [-0.15, -0.1) is 0 Å². The first kappa shape index (κ1) is 13.0. The van der Waals surface area contributed by atoms with Crippen LogP contribution in [0.15, 0.2) is 42.7 Å². The number of hydrogen-bond acceptors (Lipinski definition) is 4. The zero-order valence-corrected chi connectivity index (χ0v) is 10.7. The summed E-state index contributed by atoms with van der Waals surface area (Å²) < 4.78 is 5.07. The molecule has 5 nitrogen and oxygen atoms in total. The molecule has 0 fully saturated rings. The molecule has 1 aromatic carbocycles. The van der Waals surface area contributed by atoms with Gasteiger partial charge in [-0.25, -0.2) is 9.78 Å². The summed E-state index contributed by atoms with van der Waals surface area (Å²) in [5.74, 6) is 0.385. The van der Waals surface area contributed by atoms with E-state index in [1.807, 2.05) is 37.3 Å². The van der Waals surface area contributed by atoms with Gasteiger partial charge in [0.2, 0.25) is 0 Å². The number of rotatable bonds is 4. The van der Waals surface area contributed by atoms with Gasteiger partial charge in [0.05, 0.1) is 18.1 Å². The Morgan fingerprint density at radius 1 is 1.21 bits per heavy atom. The van der Waals surface area contributed by atoms with Crippen LogP contribution in [0, 0.1) is 0 Å². The molecule has 0 saturated carbocycles. The summed E-state index contributed by atoms with van der Waals surface area (Å²) in [4.78, 5) is 19.7. The van der Waals surface area contributed by atoms with Gasteiger partial charge in [0.1, 0.15) is 6.61 Å². The quantitative estimate of drug-likeness (QED) is 0.914. The van der Waals surface area contributed by atoms with Crippen LogP contribution in [0.2, 0.25) is 0 Å². The van der Waals surface area contributed by atoms with E-state index in [0.717, 1.165) is 17.7 Å². The summed E-state index contributed by atoms with van der Waals surface area (Å²) in [6.07, 6.45) is 3.42. The van der Waals surface area contributed by atoms with Crippen LogP contribution in [0.25, 0.3) is 0 Å². The lowest BCUT2D eigenvalue weighted by Gasteiger charge is -2.06. The van der Waals surface area contributed by atoms with Crippen molar-refractivity contribution in [1.29, 1.82) is 0 Å². The van der Waals surface area contributed by atoms with Crippen LogP contribution in [0.5, 0.6) is 0 Å².